The molecule has 0 fully saturated rings. The summed E-state index contributed by atoms with van der Waals surface area (Å²) in [6, 6.07) is 5.48. The van der Waals surface area contributed by atoms with E-state index in [1.807, 2.05) is 18.4 Å². The summed E-state index contributed by atoms with van der Waals surface area (Å²) < 4.78 is 0. The van der Waals surface area contributed by atoms with E-state index in [2.05, 4.69) is 10.6 Å². The van der Waals surface area contributed by atoms with Gasteiger partial charge in [-0.3, -0.25) is 4.79 Å². The van der Waals surface area contributed by atoms with Crippen molar-refractivity contribution in [1.29, 1.82) is 0 Å². The predicted molar refractivity (Wildman–Crippen MR) is 65.8 cm³/mol. The lowest BCUT2D eigenvalue weighted by Crippen LogP contribution is -2.24. The lowest BCUT2D eigenvalue weighted by atomic mass is 10.3. The van der Waals surface area contributed by atoms with Gasteiger partial charge in [0.15, 0.2) is 0 Å². The van der Waals surface area contributed by atoms with Crippen molar-refractivity contribution in [2.45, 2.75) is 4.90 Å². The van der Waals surface area contributed by atoms with E-state index < -0.39 is 0 Å². The summed E-state index contributed by atoms with van der Waals surface area (Å²) in [5.41, 5.74) is 0.720. The number of thioether (sulfide) groups is 1. The molecule has 0 saturated heterocycles. The summed E-state index contributed by atoms with van der Waals surface area (Å²) >= 11 is 7.58. The first-order chi connectivity index (χ1) is 7.17. The Bertz CT molecular complexity index is 357. The highest BCUT2D eigenvalue weighted by atomic mass is 35.5. The van der Waals surface area contributed by atoms with Crippen LogP contribution < -0.4 is 10.6 Å². The van der Waals surface area contributed by atoms with Crippen molar-refractivity contribution in [3.05, 3.63) is 23.2 Å². The van der Waals surface area contributed by atoms with Crippen LogP contribution in [-0.2, 0) is 4.79 Å². The molecule has 1 rings (SSSR count). The van der Waals surface area contributed by atoms with Crippen molar-refractivity contribution in [1.82, 2.24) is 5.32 Å². The van der Waals surface area contributed by atoms with Crippen LogP contribution in [0.5, 0.6) is 0 Å². The minimum absolute atomic E-state index is 0.0783. The topological polar surface area (TPSA) is 41.1 Å². The summed E-state index contributed by atoms with van der Waals surface area (Å²) in [7, 11) is 1.73. The van der Waals surface area contributed by atoms with E-state index in [0.717, 1.165) is 10.6 Å². The zero-order valence-electron chi connectivity index (χ0n) is 8.63. The van der Waals surface area contributed by atoms with E-state index in [9.17, 15) is 4.79 Å². The van der Waals surface area contributed by atoms with Gasteiger partial charge in [0.2, 0.25) is 5.91 Å². The van der Waals surface area contributed by atoms with E-state index in [-0.39, 0.29) is 5.91 Å². The van der Waals surface area contributed by atoms with Crippen LogP contribution in [0.3, 0.4) is 0 Å². The molecule has 1 aromatic rings. The average Bonchev–Trinajstić information content (AvgIpc) is 2.18. The number of benzene rings is 1. The first-order valence-corrected chi connectivity index (χ1v) is 6.05. The third-order valence-corrected chi connectivity index (χ3v) is 2.99. The molecule has 5 heteroatoms. The number of carbonyl (C=O) groups excluding carboxylic acids is 1. The van der Waals surface area contributed by atoms with Gasteiger partial charge in [0.05, 0.1) is 11.6 Å². The van der Waals surface area contributed by atoms with Crippen molar-refractivity contribution in [3.63, 3.8) is 0 Å². The standard InChI is InChI=1S/C10H13ClN2OS/c1-12-6-10(14)13-7-3-4-9(15-2)8(11)5-7/h3-5,12H,6H2,1-2H3,(H,13,14). The molecule has 0 unspecified atom stereocenters. The summed E-state index contributed by atoms with van der Waals surface area (Å²) in [5, 5.41) is 6.17. The van der Waals surface area contributed by atoms with Gasteiger partial charge in [0.25, 0.3) is 0 Å². The number of carbonyl (C=O) groups is 1. The van der Waals surface area contributed by atoms with Gasteiger partial charge in [-0.2, -0.15) is 0 Å². The van der Waals surface area contributed by atoms with E-state index in [4.69, 9.17) is 11.6 Å². The third kappa shape index (κ3) is 3.74. The molecule has 0 aromatic heterocycles. The molecule has 0 heterocycles. The first-order valence-electron chi connectivity index (χ1n) is 4.45. The van der Waals surface area contributed by atoms with Gasteiger partial charge in [0, 0.05) is 10.6 Å². The molecule has 1 amide bonds. The maximum atomic E-state index is 11.3. The number of anilines is 1. The Kier molecular flexibility index (Phi) is 4.94. The number of rotatable bonds is 4. The molecule has 0 saturated carbocycles. The van der Waals surface area contributed by atoms with Gasteiger partial charge >= 0.3 is 0 Å². The Balaban J connectivity index is 2.71. The molecular weight excluding hydrogens is 232 g/mol. The molecule has 82 valence electrons. The summed E-state index contributed by atoms with van der Waals surface area (Å²) in [6.07, 6.45) is 1.96. The number of nitrogens with one attached hydrogen (secondary N) is 2. The van der Waals surface area contributed by atoms with Crippen LogP contribution in [0.25, 0.3) is 0 Å². The summed E-state index contributed by atoms with van der Waals surface area (Å²) in [5.74, 6) is -0.0783. The molecule has 1 aromatic carbocycles. The Labute approximate surface area is 98.6 Å². The molecule has 0 spiro atoms. The largest absolute Gasteiger partial charge is 0.325 e. The fourth-order valence-corrected chi connectivity index (χ4v) is 1.98. The van der Waals surface area contributed by atoms with E-state index in [0.29, 0.717) is 11.6 Å². The number of halogens is 1. The molecule has 0 aliphatic carbocycles. The van der Waals surface area contributed by atoms with Crippen molar-refractivity contribution < 1.29 is 4.79 Å². The van der Waals surface area contributed by atoms with Crippen molar-refractivity contribution >= 4 is 35.0 Å². The number of amides is 1. The molecule has 3 nitrogen and oxygen atoms in total. The zero-order valence-corrected chi connectivity index (χ0v) is 10.2. The second-order valence-corrected chi connectivity index (χ2v) is 4.18. The van der Waals surface area contributed by atoms with Crippen LogP contribution in [-0.4, -0.2) is 25.8 Å². The van der Waals surface area contributed by atoms with Crippen LogP contribution in [0, 0.1) is 0 Å². The molecule has 0 bridgehead atoms. The second kappa shape index (κ2) is 6.00. The first kappa shape index (κ1) is 12.4. The lowest BCUT2D eigenvalue weighted by molar-refractivity contribution is -0.115. The third-order valence-electron chi connectivity index (χ3n) is 1.77. The van der Waals surface area contributed by atoms with Crippen LogP contribution >= 0.6 is 23.4 Å². The van der Waals surface area contributed by atoms with Crippen LogP contribution in [0.1, 0.15) is 0 Å². The van der Waals surface area contributed by atoms with Gasteiger partial charge in [-0.15, -0.1) is 11.8 Å². The Morgan fingerprint density at radius 3 is 2.80 bits per heavy atom. The van der Waals surface area contributed by atoms with E-state index in [1.54, 1.807) is 24.9 Å². The Hall–Kier alpha value is -0.710. The summed E-state index contributed by atoms with van der Waals surface area (Å²) in [6.45, 7) is 0.294. The number of hydrogen-bond acceptors (Lipinski definition) is 3. The normalized spacial score (nSPS) is 10.1. The van der Waals surface area contributed by atoms with Gasteiger partial charge in [0.1, 0.15) is 0 Å². The highest BCUT2D eigenvalue weighted by Crippen LogP contribution is 2.27. The predicted octanol–water partition coefficient (Wildman–Crippen LogP) is 2.22. The maximum absolute atomic E-state index is 11.3. The Morgan fingerprint density at radius 2 is 2.27 bits per heavy atom. The van der Waals surface area contributed by atoms with Crippen LogP contribution in [0.4, 0.5) is 5.69 Å². The van der Waals surface area contributed by atoms with Crippen LogP contribution in [0.2, 0.25) is 5.02 Å². The monoisotopic (exact) mass is 244 g/mol. The molecule has 0 radical (unpaired) electrons. The molecule has 0 aliphatic rings. The quantitative estimate of drug-likeness (QED) is 0.798. The van der Waals surface area contributed by atoms with Crippen molar-refractivity contribution in [2.75, 3.05) is 25.2 Å². The minimum Gasteiger partial charge on any atom is -0.325 e. The minimum atomic E-state index is -0.0783. The average molecular weight is 245 g/mol. The zero-order chi connectivity index (χ0) is 11.3. The fraction of sp³-hybridized carbons (Fsp3) is 0.300. The molecule has 0 atom stereocenters. The molecular formula is C10H13ClN2OS. The van der Waals surface area contributed by atoms with E-state index in [1.165, 1.54) is 0 Å². The SMILES string of the molecule is CNCC(=O)Nc1ccc(SC)c(Cl)c1. The van der Waals surface area contributed by atoms with E-state index >= 15 is 0 Å². The maximum Gasteiger partial charge on any atom is 0.238 e. The molecule has 2 N–H and O–H groups in total. The highest BCUT2D eigenvalue weighted by molar-refractivity contribution is 7.98. The van der Waals surface area contributed by atoms with Crippen molar-refractivity contribution in [3.8, 4) is 0 Å². The lowest BCUT2D eigenvalue weighted by Gasteiger charge is -2.06. The van der Waals surface area contributed by atoms with Gasteiger partial charge < -0.3 is 10.6 Å². The number of likely N-dealkylation sites (N-methyl/N-ethyl adjacent to an activating group) is 1. The van der Waals surface area contributed by atoms with Crippen LogP contribution in [0.15, 0.2) is 23.1 Å². The van der Waals surface area contributed by atoms with Gasteiger partial charge in [-0.05, 0) is 31.5 Å². The molecule has 0 aliphatic heterocycles. The second-order valence-electron chi connectivity index (χ2n) is 2.93. The van der Waals surface area contributed by atoms with Crippen molar-refractivity contribution in [2.24, 2.45) is 0 Å². The smallest absolute Gasteiger partial charge is 0.238 e. The fourth-order valence-electron chi connectivity index (χ4n) is 1.11. The van der Waals surface area contributed by atoms with Gasteiger partial charge in [-0.1, -0.05) is 11.6 Å². The highest BCUT2D eigenvalue weighted by Gasteiger charge is 2.03. The van der Waals surface area contributed by atoms with Gasteiger partial charge in [-0.25, -0.2) is 0 Å². The molecule has 15 heavy (non-hydrogen) atoms. The Morgan fingerprint density at radius 1 is 1.53 bits per heavy atom. The number of hydrogen-bond donors (Lipinski definition) is 2. The summed E-state index contributed by atoms with van der Waals surface area (Å²) in [4.78, 5) is 12.3.